The number of rotatable bonds is 6. The fourth-order valence-corrected chi connectivity index (χ4v) is 5.03. The van der Waals surface area contributed by atoms with Crippen LogP contribution in [0, 0.1) is 11.3 Å². The molecule has 0 fully saturated rings. The van der Waals surface area contributed by atoms with Gasteiger partial charge in [0.1, 0.15) is 6.07 Å². The van der Waals surface area contributed by atoms with Gasteiger partial charge < -0.3 is 4.74 Å². The first-order valence-corrected chi connectivity index (χ1v) is 13.3. The molecule has 35 heavy (non-hydrogen) atoms. The smallest absolute Gasteiger partial charge is 0.155 e. The number of methoxy groups -OCH3 is 1. The second kappa shape index (κ2) is 9.29. The minimum atomic E-state index is -3.18. The summed E-state index contributed by atoms with van der Waals surface area (Å²) in [5.41, 5.74) is 5.75. The Hall–Kier alpha value is -3.47. The largest absolute Gasteiger partial charge is 0.494 e. The molecule has 0 unspecified atom stereocenters. The van der Waals surface area contributed by atoms with E-state index in [0.29, 0.717) is 33.1 Å². The summed E-state index contributed by atoms with van der Waals surface area (Å²) >= 11 is 6.38. The molecular weight excluding hydrogens is 482 g/mol. The lowest BCUT2D eigenvalue weighted by atomic mass is 9.77. The van der Waals surface area contributed by atoms with Crippen molar-refractivity contribution >= 4 is 32.5 Å². The third kappa shape index (κ3) is 5.14. The van der Waals surface area contributed by atoms with Crippen molar-refractivity contribution in [3.8, 4) is 22.9 Å². The van der Waals surface area contributed by atoms with Crippen LogP contribution < -0.4 is 4.74 Å². The fourth-order valence-electron chi connectivity index (χ4n) is 4.06. The highest BCUT2D eigenvalue weighted by atomic mass is 35.5. The molecule has 0 radical (unpaired) electrons. The van der Waals surface area contributed by atoms with Gasteiger partial charge >= 0.3 is 0 Å². The summed E-state index contributed by atoms with van der Waals surface area (Å²) in [5, 5.41) is 9.92. The van der Waals surface area contributed by atoms with Crippen molar-refractivity contribution in [3.63, 3.8) is 0 Å². The molecule has 0 bridgehead atoms. The first-order chi connectivity index (χ1) is 16.5. The van der Waals surface area contributed by atoms with E-state index >= 15 is 0 Å². The lowest BCUT2D eigenvalue weighted by Crippen LogP contribution is -2.19. The number of hydrogen-bond donors (Lipinski definition) is 0. The van der Waals surface area contributed by atoms with Crippen LogP contribution in [0.15, 0.2) is 60.8 Å². The number of benzene rings is 3. The Balaban J connectivity index is 1.65. The van der Waals surface area contributed by atoms with E-state index in [4.69, 9.17) is 16.3 Å². The second-order valence-electron chi connectivity index (χ2n) is 8.99. The van der Waals surface area contributed by atoms with Gasteiger partial charge in [0.05, 0.1) is 46.4 Å². The van der Waals surface area contributed by atoms with E-state index in [0.717, 1.165) is 22.3 Å². The number of halogens is 1. The Morgan fingerprint density at radius 3 is 2.31 bits per heavy atom. The monoisotopic (exact) mass is 505 g/mol. The number of sulfone groups is 1. The van der Waals surface area contributed by atoms with Crippen LogP contribution in [-0.2, 0) is 21.0 Å². The third-order valence-electron chi connectivity index (χ3n) is 6.03. The highest BCUT2D eigenvalue weighted by Crippen LogP contribution is 2.38. The normalized spacial score (nSPS) is 11.9. The molecule has 1 aromatic heterocycles. The maximum atomic E-state index is 11.5. The lowest BCUT2D eigenvalue weighted by Gasteiger charge is -2.27. The summed E-state index contributed by atoms with van der Waals surface area (Å²) in [5.74, 6) is 0.247. The Kier molecular flexibility index (Phi) is 6.54. The van der Waals surface area contributed by atoms with Crippen LogP contribution in [0.2, 0.25) is 5.02 Å². The van der Waals surface area contributed by atoms with Gasteiger partial charge in [-0.15, -0.1) is 0 Å². The van der Waals surface area contributed by atoms with Crippen LogP contribution in [0.1, 0.15) is 36.2 Å². The molecule has 0 saturated heterocycles. The molecule has 0 aliphatic rings. The molecule has 3 aromatic carbocycles. The van der Waals surface area contributed by atoms with E-state index in [1.54, 1.807) is 0 Å². The van der Waals surface area contributed by atoms with E-state index in [1.807, 2.05) is 42.5 Å². The molecular formula is C27H24ClN3O3S. The molecule has 0 aliphatic heterocycles. The molecule has 1 heterocycles. The number of aromatic nitrogens is 2. The second-order valence-corrected chi connectivity index (χ2v) is 11.5. The molecule has 178 valence electrons. The maximum absolute atomic E-state index is 11.5. The number of ether oxygens (including phenoxy) is 1. The number of fused-ring (bicyclic) bond motifs is 1. The standard InChI is InChI=1S/C27H24ClN3O3S/c1-27(2,21-11-19(14-29)26(34-3)23(28)13-21)20-8-5-17(6-9-20)18-7-10-24-25(12-18)30-15-22(31-24)16-35(4,32)33/h5-13,15H,16H2,1-4H3. The summed E-state index contributed by atoms with van der Waals surface area (Å²) in [6, 6.07) is 19.8. The van der Waals surface area contributed by atoms with Crippen molar-refractivity contribution in [1.82, 2.24) is 9.97 Å². The van der Waals surface area contributed by atoms with E-state index in [-0.39, 0.29) is 5.75 Å². The minimum Gasteiger partial charge on any atom is -0.494 e. The van der Waals surface area contributed by atoms with Crippen molar-refractivity contribution in [2.45, 2.75) is 25.0 Å². The SMILES string of the molecule is COc1c(Cl)cc(C(C)(C)c2ccc(-c3ccc4nc(CS(C)(=O)=O)cnc4c3)cc2)cc1C#N. The molecule has 0 atom stereocenters. The quantitative estimate of drug-likeness (QED) is 0.333. The van der Waals surface area contributed by atoms with E-state index < -0.39 is 15.3 Å². The first kappa shape index (κ1) is 24.6. The van der Waals surface area contributed by atoms with Crippen molar-refractivity contribution in [1.29, 1.82) is 5.26 Å². The fraction of sp³-hybridized carbons (Fsp3) is 0.222. The number of nitrogens with zero attached hydrogens (tertiary/aromatic N) is 3. The van der Waals surface area contributed by atoms with Crippen LogP contribution in [0.3, 0.4) is 0 Å². The van der Waals surface area contributed by atoms with Gasteiger partial charge in [0.25, 0.3) is 0 Å². The van der Waals surface area contributed by atoms with Crippen molar-refractivity contribution in [3.05, 3.63) is 88.2 Å². The summed E-state index contributed by atoms with van der Waals surface area (Å²) in [4.78, 5) is 8.84. The Bertz CT molecular complexity index is 1570. The highest BCUT2D eigenvalue weighted by Gasteiger charge is 2.26. The predicted molar refractivity (Wildman–Crippen MR) is 138 cm³/mol. The van der Waals surface area contributed by atoms with Crippen LogP contribution in [0.4, 0.5) is 0 Å². The molecule has 0 spiro atoms. The van der Waals surface area contributed by atoms with Crippen LogP contribution >= 0.6 is 11.6 Å². The van der Waals surface area contributed by atoms with Gasteiger partial charge in [-0.2, -0.15) is 5.26 Å². The maximum Gasteiger partial charge on any atom is 0.155 e. The molecule has 0 aliphatic carbocycles. The molecule has 0 saturated carbocycles. The molecule has 4 aromatic rings. The number of nitriles is 1. The Morgan fingerprint density at radius 1 is 1.00 bits per heavy atom. The summed E-state index contributed by atoms with van der Waals surface area (Å²) in [6.45, 7) is 4.17. The van der Waals surface area contributed by atoms with Gasteiger partial charge in [-0.3, -0.25) is 4.98 Å². The third-order valence-corrected chi connectivity index (χ3v) is 7.13. The molecule has 6 nitrogen and oxygen atoms in total. The average Bonchev–Trinajstić information content (AvgIpc) is 2.82. The van der Waals surface area contributed by atoms with Crippen molar-refractivity contribution in [2.75, 3.05) is 13.4 Å². The van der Waals surface area contributed by atoms with Gasteiger partial charge in [0, 0.05) is 11.7 Å². The topological polar surface area (TPSA) is 92.9 Å². The van der Waals surface area contributed by atoms with Crippen molar-refractivity contribution < 1.29 is 13.2 Å². The van der Waals surface area contributed by atoms with E-state index in [1.165, 1.54) is 19.6 Å². The highest BCUT2D eigenvalue weighted by molar-refractivity contribution is 7.89. The molecule has 0 N–H and O–H groups in total. The molecule has 8 heteroatoms. The van der Waals surface area contributed by atoms with Gasteiger partial charge in [-0.1, -0.05) is 55.8 Å². The van der Waals surface area contributed by atoms with Crippen LogP contribution in [0.25, 0.3) is 22.2 Å². The van der Waals surface area contributed by atoms with E-state index in [2.05, 4.69) is 42.0 Å². The molecule has 4 rings (SSSR count). The average molecular weight is 506 g/mol. The van der Waals surface area contributed by atoms with Gasteiger partial charge in [-0.25, -0.2) is 13.4 Å². The van der Waals surface area contributed by atoms with E-state index in [9.17, 15) is 13.7 Å². The number of hydrogen-bond acceptors (Lipinski definition) is 6. The predicted octanol–water partition coefficient (Wildman–Crippen LogP) is 5.70. The Morgan fingerprint density at radius 2 is 1.69 bits per heavy atom. The Labute approximate surface area is 210 Å². The van der Waals surface area contributed by atoms with Crippen molar-refractivity contribution in [2.24, 2.45) is 0 Å². The lowest BCUT2D eigenvalue weighted by molar-refractivity contribution is 0.413. The summed E-state index contributed by atoms with van der Waals surface area (Å²) in [6.07, 6.45) is 2.69. The molecule has 0 amide bonds. The zero-order valence-corrected chi connectivity index (χ0v) is 21.4. The van der Waals surface area contributed by atoms with Gasteiger partial charge in [0.15, 0.2) is 15.6 Å². The van der Waals surface area contributed by atoms with Gasteiger partial charge in [0.2, 0.25) is 0 Å². The minimum absolute atomic E-state index is 0.135. The van der Waals surface area contributed by atoms with Crippen LogP contribution in [-0.4, -0.2) is 31.8 Å². The summed E-state index contributed by atoms with van der Waals surface area (Å²) < 4.78 is 28.4. The zero-order chi connectivity index (χ0) is 25.4. The van der Waals surface area contributed by atoms with Crippen LogP contribution in [0.5, 0.6) is 5.75 Å². The summed E-state index contributed by atoms with van der Waals surface area (Å²) in [7, 11) is -1.68. The first-order valence-electron chi connectivity index (χ1n) is 10.8. The van der Waals surface area contributed by atoms with Gasteiger partial charge in [-0.05, 0) is 46.5 Å². The zero-order valence-electron chi connectivity index (χ0n) is 19.8.